The number of alkyl halides is 3. The maximum atomic E-state index is 14.5. The summed E-state index contributed by atoms with van der Waals surface area (Å²) in [6, 6.07) is 1.01. The van der Waals surface area contributed by atoms with Gasteiger partial charge in [-0.25, -0.2) is 22.2 Å². The third-order valence-corrected chi connectivity index (χ3v) is 4.93. The molecule has 2 aromatic heterocycles. The first kappa shape index (κ1) is 21.6. The second kappa shape index (κ2) is 7.39. The smallest absolute Gasteiger partial charge is 0.343 e. The zero-order valence-electron chi connectivity index (χ0n) is 13.7. The van der Waals surface area contributed by atoms with Crippen LogP contribution in [0.2, 0.25) is 5.15 Å². The second-order valence-corrected chi connectivity index (χ2v) is 7.27. The number of rotatable bonds is 5. The molecule has 0 aliphatic rings. The Kier molecular flexibility index (Phi) is 5.71. The van der Waals surface area contributed by atoms with Crippen LogP contribution in [-0.4, -0.2) is 30.1 Å². The van der Waals surface area contributed by atoms with Gasteiger partial charge in [-0.3, -0.25) is 9.52 Å². The molecule has 0 atom stereocenters. The maximum Gasteiger partial charge on any atom is 0.431 e. The molecule has 2 aromatic rings. The number of aromatic nitrogens is 2. The third-order valence-electron chi connectivity index (χ3n) is 3.29. The van der Waals surface area contributed by atoms with E-state index in [1.54, 1.807) is 0 Å². The number of sulfonamides is 1. The number of anilines is 1. The number of nitrogens with zero attached hydrogens (tertiary/aromatic N) is 2. The molecule has 2 heterocycles. The van der Waals surface area contributed by atoms with Gasteiger partial charge in [0, 0.05) is 19.4 Å². The Morgan fingerprint density at radius 1 is 1.29 bits per heavy atom. The quantitative estimate of drug-likeness (QED) is 0.548. The molecule has 0 spiro atoms. The van der Waals surface area contributed by atoms with E-state index in [2.05, 4.69) is 11.6 Å². The van der Waals surface area contributed by atoms with Gasteiger partial charge >= 0.3 is 6.18 Å². The molecule has 2 rings (SSSR count). The van der Waals surface area contributed by atoms with Gasteiger partial charge in [-0.2, -0.15) is 13.2 Å². The van der Waals surface area contributed by atoms with Gasteiger partial charge in [-0.05, 0) is 6.07 Å². The number of hydrogen-bond acceptors (Lipinski definition) is 4. The van der Waals surface area contributed by atoms with Crippen LogP contribution in [0.5, 0.6) is 0 Å². The summed E-state index contributed by atoms with van der Waals surface area (Å²) in [5, 5.41) is 1.39. The van der Waals surface area contributed by atoms with Crippen molar-refractivity contribution in [3.63, 3.8) is 0 Å². The van der Waals surface area contributed by atoms with Crippen molar-refractivity contribution in [3.05, 3.63) is 53.2 Å². The number of carbonyl (C=O) groups is 1. The lowest BCUT2D eigenvalue weighted by atomic mass is 10.3. The zero-order chi connectivity index (χ0) is 21.4. The Labute approximate surface area is 159 Å². The highest BCUT2D eigenvalue weighted by atomic mass is 35.5. The molecule has 0 radical (unpaired) electrons. The van der Waals surface area contributed by atoms with Crippen LogP contribution >= 0.6 is 11.6 Å². The normalized spacial score (nSPS) is 12.0. The SMILES string of the molecule is C=C(NS(=O)(=O)c1cn(C)c(C(=O)Nc2ccnc(Cl)c2F)c1F)C(F)(F)F. The van der Waals surface area contributed by atoms with E-state index >= 15 is 0 Å². The van der Waals surface area contributed by atoms with Crippen LogP contribution in [0.4, 0.5) is 27.6 Å². The van der Waals surface area contributed by atoms with Crippen molar-refractivity contribution in [2.45, 2.75) is 11.1 Å². The third kappa shape index (κ3) is 4.25. The summed E-state index contributed by atoms with van der Waals surface area (Å²) in [6.07, 6.45) is -3.48. The summed E-state index contributed by atoms with van der Waals surface area (Å²) in [5.74, 6) is -4.05. The molecule has 28 heavy (non-hydrogen) atoms. The van der Waals surface area contributed by atoms with Crippen molar-refractivity contribution in [2.24, 2.45) is 7.05 Å². The van der Waals surface area contributed by atoms with Gasteiger partial charge < -0.3 is 9.88 Å². The van der Waals surface area contributed by atoms with Crippen molar-refractivity contribution in [2.75, 3.05) is 5.32 Å². The summed E-state index contributed by atoms with van der Waals surface area (Å²) >= 11 is 5.45. The topological polar surface area (TPSA) is 93.1 Å². The van der Waals surface area contributed by atoms with Gasteiger partial charge in [0.1, 0.15) is 16.3 Å². The number of pyridine rings is 1. The van der Waals surface area contributed by atoms with Crippen molar-refractivity contribution in [1.29, 1.82) is 0 Å². The predicted molar refractivity (Wildman–Crippen MR) is 88.0 cm³/mol. The lowest BCUT2D eigenvalue weighted by molar-refractivity contribution is -0.0940. The Hall–Kier alpha value is -2.67. The number of allylic oxidation sites excluding steroid dienone is 1. The number of hydrogen-bond donors (Lipinski definition) is 2. The highest BCUT2D eigenvalue weighted by Gasteiger charge is 2.37. The van der Waals surface area contributed by atoms with E-state index in [4.69, 9.17) is 11.6 Å². The van der Waals surface area contributed by atoms with E-state index < -0.39 is 60.9 Å². The zero-order valence-corrected chi connectivity index (χ0v) is 15.3. The molecule has 2 N–H and O–H groups in total. The fourth-order valence-electron chi connectivity index (χ4n) is 1.99. The van der Waals surface area contributed by atoms with Gasteiger partial charge in [-0.15, -0.1) is 0 Å². The minimum absolute atomic E-state index is 0.474. The van der Waals surface area contributed by atoms with Crippen molar-refractivity contribution in [3.8, 4) is 0 Å². The van der Waals surface area contributed by atoms with Crippen molar-refractivity contribution in [1.82, 2.24) is 14.3 Å². The monoisotopic (exact) mass is 444 g/mol. The van der Waals surface area contributed by atoms with Crippen molar-refractivity contribution < 1.29 is 35.2 Å². The molecule has 0 saturated carbocycles. The minimum atomic E-state index is -5.10. The number of halogens is 6. The van der Waals surface area contributed by atoms with Crippen LogP contribution < -0.4 is 10.0 Å². The highest BCUT2D eigenvalue weighted by molar-refractivity contribution is 7.89. The molecule has 0 aliphatic heterocycles. The first-order chi connectivity index (χ1) is 12.8. The number of carbonyl (C=O) groups excluding carboxylic acids is 1. The molecule has 0 aromatic carbocycles. The van der Waals surface area contributed by atoms with Crippen LogP contribution in [-0.2, 0) is 17.1 Å². The van der Waals surface area contributed by atoms with Gasteiger partial charge in [0.05, 0.1) is 5.69 Å². The van der Waals surface area contributed by atoms with Crippen LogP contribution in [0.3, 0.4) is 0 Å². The van der Waals surface area contributed by atoms with Gasteiger partial charge in [0.15, 0.2) is 16.8 Å². The molecule has 152 valence electrons. The van der Waals surface area contributed by atoms with Crippen LogP contribution in [0.1, 0.15) is 10.5 Å². The fraction of sp³-hybridized carbons (Fsp3) is 0.143. The Bertz CT molecular complexity index is 1070. The summed E-state index contributed by atoms with van der Waals surface area (Å²) in [4.78, 5) is 14.4. The van der Waals surface area contributed by atoms with E-state index in [9.17, 15) is 35.2 Å². The van der Waals surface area contributed by atoms with Crippen LogP contribution in [0, 0.1) is 11.6 Å². The highest BCUT2D eigenvalue weighted by Crippen LogP contribution is 2.27. The largest absolute Gasteiger partial charge is 0.431 e. The van der Waals surface area contributed by atoms with E-state index in [0.717, 1.165) is 24.0 Å². The number of amides is 1. The van der Waals surface area contributed by atoms with E-state index in [-0.39, 0.29) is 0 Å². The molecule has 0 unspecified atom stereocenters. The lowest BCUT2D eigenvalue weighted by Gasteiger charge is -2.12. The molecular weight excluding hydrogens is 435 g/mol. The van der Waals surface area contributed by atoms with E-state index in [0.29, 0.717) is 10.8 Å². The first-order valence-corrected chi connectivity index (χ1v) is 8.87. The fourth-order valence-corrected chi connectivity index (χ4v) is 3.32. The van der Waals surface area contributed by atoms with Crippen LogP contribution in [0.25, 0.3) is 0 Å². The molecule has 7 nitrogen and oxygen atoms in total. The summed E-state index contributed by atoms with van der Waals surface area (Å²) < 4.78 is 91.6. The Balaban J connectivity index is 2.39. The van der Waals surface area contributed by atoms with E-state index in [1.807, 2.05) is 5.32 Å². The van der Waals surface area contributed by atoms with Gasteiger partial charge in [0.25, 0.3) is 15.9 Å². The Morgan fingerprint density at radius 3 is 2.46 bits per heavy atom. The molecule has 0 bridgehead atoms. The lowest BCUT2D eigenvalue weighted by Crippen LogP contribution is -2.31. The molecule has 0 fully saturated rings. The average Bonchev–Trinajstić information content (AvgIpc) is 2.86. The second-order valence-electron chi connectivity index (χ2n) is 5.27. The molecule has 0 saturated heterocycles. The number of nitrogens with one attached hydrogen (secondary N) is 2. The summed E-state index contributed by atoms with van der Waals surface area (Å²) in [5.41, 5.74) is -3.21. The standard InChI is InChI=1S/C14H10ClF5N4O3S/c1-6(14(18,19)20)23-28(26,27)8-5-24(2)11(10(8)17)13(25)22-7-3-4-21-12(15)9(7)16/h3-5,23H,1H2,2H3,(H,21,22,25). The summed E-state index contributed by atoms with van der Waals surface area (Å²) in [6.45, 7) is 2.52. The van der Waals surface area contributed by atoms with Crippen molar-refractivity contribution >= 4 is 33.2 Å². The van der Waals surface area contributed by atoms with E-state index in [1.165, 1.54) is 0 Å². The minimum Gasteiger partial charge on any atom is -0.343 e. The summed E-state index contributed by atoms with van der Waals surface area (Å²) in [7, 11) is -3.99. The molecule has 1 amide bonds. The molecule has 14 heteroatoms. The Morgan fingerprint density at radius 2 is 1.89 bits per heavy atom. The van der Waals surface area contributed by atoms with Gasteiger partial charge in [-0.1, -0.05) is 18.2 Å². The molecular formula is C14H10ClF5N4O3S. The predicted octanol–water partition coefficient (Wildman–Crippen LogP) is 2.96. The van der Waals surface area contributed by atoms with Crippen LogP contribution in [0.15, 0.2) is 35.6 Å². The first-order valence-electron chi connectivity index (χ1n) is 7.00. The maximum absolute atomic E-state index is 14.5. The molecule has 0 aliphatic carbocycles. The van der Waals surface area contributed by atoms with Gasteiger partial charge in [0.2, 0.25) is 0 Å². The average molecular weight is 445 g/mol. The number of aryl methyl sites for hydroxylation is 1.